The van der Waals surface area contributed by atoms with Crippen LogP contribution in [0.2, 0.25) is 0 Å². The molecule has 1 rings (SSSR count). The highest BCUT2D eigenvalue weighted by Crippen LogP contribution is 2.16. The molecule has 0 aliphatic carbocycles. The van der Waals surface area contributed by atoms with E-state index in [9.17, 15) is 0 Å². The molecule has 2 nitrogen and oxygen atoms in total. The van der Waals surface area contributed by atoms with Crippen LogP contribution in [0.15, 0.2) is 0 Å². The minimum Gasteiger partial charge on any atom is -0.378 e. The van der Waals surface area contributed by atoms with Crippen molar-refractivity contribution in [2.24, 2.45) is 5.92 Å². The van der Waals surface area contributed by atoms with E-state index in [4.69, 9.17) is 4.74 Å². The minimum atomic E-state index is 0.500. The summed E-state index contributed by atoms with van der Waals surface area (Å²) in [5.74, 6) is 0.810. The largest absolute Gasteiger partial charge is 0.378 e. The van der Waals surface area contributed by atoms with E-state index in [-0.39, 0.29) is 0 Å². The highest BCUT2D eigenvalue weighted by atomic mass is 16.5. The summed E-state index contributed by atoms with van der Waals surface area (Å²) in [6.07, 6.45) is 5.33. The molecule has 0 aromatic carbocycles. The van der Waals surface area contributed by atoms with Crippen molar-refractivity contribution in [3.63, 3.8) is 0 Å². The molecule has 2 atom stereocenters. The van der Waals surface area contributed by atoms with Crippen molar-refractivity contribution < 1.29 is 4.74 Å². The standard InChI is InChI=1S/C12H25NO/c1-4-12-9-11(6-8-14-12)13-7-5-10(2)3/h10-13H,4-9H2,1-3H3. The van der Waals surface area contributed by atoms with Crippen molar-refractivity contribution in [3.05, 3.63) is 0 Å². The van der Waals surface area contributed by atoms with Crippen molar-refractivity contribution in [2.75, 3.05) is 13.2 Å². The number of nitrogens with one attached hydrogen (secondary N) is 1. The first kappa shape index (κ1) is 12.0. The van der Waals surface area contributed by atoms with Gasteiger partial charge in [-0.3, -0.25) is 0 Å². The fourth-order valence-corrected chi connectivity index (χ4v) is 1.93. The minimum absolute atomic E-state index is 0.500. The van der Waals surface area contributed by atoms with E-state index in [0.29, 0.717) is 12.1 Å². The van der Waals surface area contributed by atoms with Gasteiger partial charge in [0.25, 0.3) is 0 Å². The van der Waals surface area contributed by atoms with Crippen LogP contribution >= 0.6 is 0 Å². The molecule has 0 bridgehead atoms. The van der Waals surface area contributed by atoms with E-state index in [1.165, 1.54) is 25.8 Å². The van der Waals surface area contributed by atoms with E-state index in [1.54, 1.807) is 0 Å². The van der Waals surface area contributed by atoms with Gasteiger partial charge in [-0.1, -0.05) is 20.8 Å². The third-order valence-electron chi connectivity index (χ3n) is 2.98. The molecule has 1 saturated heterocycles. The topological polar surface area (TPSA) is 21.3 Å². The van der Waals surface area contributed by atoms with Crippen LogP contribution in [0.1, 0.15) is 46.5 Å². The normalized spacial score (nSPS) is 28.3. The van der Waals surface area contributed by atoms with Gasteiger partial charge in [-0.15, -0.1) is 0 Å². The lowest BCUT2D eigenvalue weighted by Crippen LogP contribution is -2.39. The molecular formula is C12H25NO. The van der Waals surface area contributed by atoms with Crippen molar-refractivity contribution in [2.45, 2.75) is 58.6 Å². The van der Waals surface area contributed by atoms with Gasteiger partial charge in [-0.2, -0.15) is 0 Å². The molecular weight excluding hydrogens is 174 g/mol. The molecule has 2 unspecified atom stereocenters. The monoisotopic (exact) mass is 199 g/mol. The van der Waals surface area contributed by atoms with Crippen molar-refractivity contribution >= 4 is 0 Å². The second-order valence-corrected chi connectivity index (χ2v) is 4.76. The Morgan fingerprint density at radius 2 is 2.21 bits per heavy atom. The molecule has 14 heavy (non-hydrogen) atoms. The quantitative estimate of drug-likeness (QED) is 0.735. The van der Waals surface area contributed by atoms with E-state index in [1.807, 2.05) is 0 Å². The van der Waals surface area contributed by atoms with Gasteiger partial charge in [0.1, 0.15) is 0 Å². The summed E-state index contributed by atoms with van der Waals surface area (Å²) in [6, 6.07) is 0.701. The Kier molecular flexibility index (Phi) is 5.49. The maximum Gasteiger partial charge on any atom is 0.0587 e. The first-order valence-electron chi connectivity index (χ1n) is 6.07. The van der Waals surface area contributed by atoms with Crippen LogP contribution in [-0.4, -0.2) is 25.3 Å². The molecule has 1 aliphatic heterocycles. The molecule has 1 aliphatic rings. The number of hydrogen-bond donors (Lipinski definition) is 1. The van der Waals surface area contributed by atoms with Crippen LogP contribution in [0.5, 0.6) is 0 Å². The first-order valence-corrected chi connectivity index (χ1v) is 6.07. The van der Waals surface area contributed by atoms with Gasteiger partial charge in [0.2, 0.25) is 0 Å². The zero-order chi connectivity index (χ0) is 10.4. The average Bonchev–Trinajstić information content (AvgIpc) is 2.18. The van der Waals surface area contributed by atoms with Gasteiger partial charge in [-0.25, -0.2) is 0 Å². The molecule has 0 aromatic rings. The molecule has 1 fully saturated rings. The van der Waals surface area contributed by atoms with E-state index >= 15 is 0 Å². The molecule has 2 heteroatoms. The number of hydrogen-bond acceptors (Lipinski definition) is 2. The molecule has 0 spiro atoms. The van der Waals surface area contributed by atoms with E-state index < -0.39 is 0 Å². The average molecular weight is 199 g/mol. The van der Waals surface area contributed by atoms with E-state index in [0.717, 1.165) is 18.9 Å². The summed E-state index contributed by atoms with van der Waals surface area (Å²) in [4.78, 5) is 0. The molecule has 84 valence electrons. The number of ether oxygens (including phenoxy) is 1. The Balaban J connectivity index is 2.11. The Labute approximate surface area is 88.4 Å². The molecule has 0 radical (unpaired) electrons. The van der Waals surface area contributed by atoms with Crippen LogP contribution in [0.3, 0.4) is 0 Å². The lowest BCUT2D eigenvalue weighted by molar-refractivity contribution is -0.0000926. The second-order valence-electron chi connectivity index (χ2n) is 4.76. The lowest BCUT2D eigenvalue weighted by Gasteiger charge is -2.29. The Morgan fingerprint density at radius 3 is 2.86 bits per heavy atom. The van der Waals surface area contributed by atoms with Crippen LogP contribution < -0.4 is 5.32 Å². The summed E-state index contributed by atoms with van der Waals surface area (Å²) in [6.45, 7) is 8.87. The molecule has 1 N–H and O–H groups in total. The molecule has 1 heterocycles. The molecule has 0 aromatic heterocycles. The van der Waals surface area contributed by atoms with Crippen molar-refractivity contribution in [1.82, 2.24) is 5.32 Å². The third-order valence-corrected chi connectivity index (χ3v) is 2.98. The molecule has 0 amide bonds. The highest BCUT2D eigenvalue weighted by Gasteiger charge is 2.20. The van der Waals surface area contributed by atoms with Gasteiger partial charge in [-0.05, 0) is 38.1 Å². The summed E-state index contributed by atoms with van der Waals surface area (Å²) < 4.78 is 5.64. The summed E-state index contributed by atoms with van der Waals surface area (Å²) in [5.41, 5.74) is 0. The Hall–Kier alpha value is -0.0800. The van der Waals surface area contributed by atoms with Crippen LogP contribution in [0.25, 0.3) is 0 Å². The fraction of sp³-hybridized carbons (Fsp3) is 1.00. The van der Waals surface area contributed by atoms with Crippen LogP contribution in [-0.2, 0) is 4.74 Å². The lowest BCUT2D eigenvalue weighted by atomic mass is 10.0. The Morgan fingerprint density at radius 1 is 1.43 bits per heavy atom. The van der Waals surface area contributed by atoms with Crippen LogP contribution in [0, 0.1) is 5.92 Å². The first-order chi connectivity index (χ1) is 6.72. The zero-order valence-corrected chi connectivity index (χ0v) is 9.88. The smallest absolute Gasteiger partial charge is 0.0587 e. The van der Waals surface area contributed by atoms with Gasteiger partial charge in [0.15, 0.2) is 0 Å². The molecule has 0 saturated carbocycles. The van der Waals surface area contributed by atoms with Gasteiger partial charge in [0.05, 0.1) is 6.10 Å². The van der Waals surface area contributed by atoms with Gasteiger partial charge < -0.3 is 10.1 Å². The highest BCUT2D eigenvalue weighted by molar-refractivity contribution is 4.76. The third kappa shape index (κ3) is 4.43. The van der Waals surface area contributed by atoms with Gasteiger partial charge >= 0.3 is 0 Å². The zero-order valence-electron chi connectivity index (χ0n) is 9.88. The van der Waals surface area contributed by atoms with Crippen molar-refractivity contribution in [1.29, 1.82) is 0 Å². The Bertz CT molecular complexity index is 147. The predicted molar refractivity (Wildman–Crippen MR) is 60.5 cm³/mol. The predicted octanol–water partition coefficient (Wildman–Crippen LogP) is 2.58. The van der Waals surface area contributed by atoms with Crippen LogP contribution in [0.4, 0.5) is 0 Å². The van der Waals surface area contributed by atoms with E-state index in [2.05, 4.69) is 26.1 Å². The number of rotatable bonds is 5. The second kappa shape index (κ2) is 6.41. The summed E-state index contributed by atoms with van der Waals surface area (Å²) in [7, 11) is 0. The summed E-state index contributed by atoms with van der Waals surface area (Å²) >= 11 is 0. The summed E-state index contributed by atoms with van der Waals surface area (Å²) in [5, 5.41) is 3.64. The SMILES string of the molecule is CCC1CC(NCCC(C)C)CCO1. The fourth-order valence-electron chi connectivity index (χ4n) is 1.93. The maximum absolute atomic E-state index is 5.64. The van der Waals surface area contributed by atoms with Crippen molar-refractivity contribution in [3.8, 4) is 0 Å². The maximum atomic E-state index is 5.64. The van der Waals surface area contributed by atoms with Gasteiger partial charge in [0, 0.05) is 12.6 Å².